The van der Waals surface area contributed by atoms with E-state index >= 15 is 0 Å². The highest BCUT2D eigenvalue weighted by Crippen LogP contribution is 2.34. The van der Waals surface area contributed by atoms with Gasteiger partial charge in [-0.2, -0.15) is 0 Å². The zero-order valence-electron chi connectivity index (χ0n) is 11.4. The van der Waals surface area contributed by atoms with Crippen molar-refractivity contribution in [3.8, 4) is 11.5 Å². The maximum atomic E-state index is 12.1. The Hall–Kier alpha value is -1.47. The van der Waals surface area contributed by atoms with Crippen LogP contribution in [-0.4, -0.2) is 40.2 Å². The molecule has 0 atom stereocenters. The molecule has 0 fully saturated rings. The van der Waals surface area contributed by atoms with Crippen LogP contribution < -0.4 is 13.8 Å². The Labute approximate surface area is 123 Å². The smallest absolute Gasteiger partial charge is 0.242 e. The third-order valence-corrected chi connectivity index (χ3v) is 4.47. The van der Waals surface area contributed by atoms with Crippen LogP contribution in [0.1, 0.15) is 6.92 Å². The highest BCUT2D eigenvalue weighted by atomic mass is 35.5. The number of hydrogen-bond acceptors (Lipinski definition) is 5. The van der Waals surface area contributed by atoms with E-state index in [9.17, 15) is 13.2 Å². The summed E-state index contributed by atoms with van der Waals surface area (Å²) in [4.78, 5) is 11.1. The monoisotopic (exact) mass is 321 g/mol. The van der Waals surface area contributed by atoms with E-state index in [1.54, 1.807) is 12.1 Å². The zero-order valence-corrected chi connectivity index (χ0v) is 13.0. The van der Waals surface area contributed by atoms with Crippen LogP contribution in [-0.2, 0) is 14.8 Å². The van der Waals surface area contributed by atoms with Crippen molar-refractivity contribution in [1.82, 2.24) is 0 Å². The Morgan fingerprint density at radius 1 is 1.30 bits per heavy atom. The van der Waals surface area contributed by atoms with Crippen LogP contribution in [0.5, 0.6) is 11.5 Å². The van der Waals surface area contributed by atoms with E-state index in [4.69, 9.17) is 21.1 Å². The molecule has 0 bridgehead atoms. The first-order chi connectivity index (χ1) is 9.35. The van der Waals surface area contributed by atoms with Crippen molar-refractivity contribution < 1.29 is 22.7 Å². The summed E-state index contributed by atoms with van der Waals surface area (Å²) in [5.41, 5.74) is 0.211. The second kappa shape index (κ2) is 6.81. The van der Waals surface area contributed by atoms with Gasteiger partial charge in [0.1, 0.15) is 18.0 Å². The number of hydrogen-bond donors (Lipinski definition) is 0. The fraction of sp³-hybridized carbons (Fsp3) is 0.417. The maximum absolute atomic E-state index is 12.1. The minimum absolute atomic E-state index is 0.169. The summed E-state index contributed by atoms with van der Waals surface area (Å²) < 4.78 is 35.4. The lowest BCUT2D eigenvalue weighted by Gasteiger charge is -2.24. The van der Waals surface area contributed by atoms with Crippen molar-refractivity contribution in [2.75, 3.05) is 30.8 Å². The van der Waals surface area contributed by atoms with Crippen LogP contribution >= 0.6 is 11.6 Å². The molecule has 0 amide bonds. The number of halogens is 1. The summed E-state index contributed by atoms with van der Waals surface area (Å²) in [7, 11) is -0.811. The molecule has 0 aliphatic heterocycles. The van der Waals surface area contributed by atoms with E-state index in [-0.39, 0.29) is 11.4 Å². The molecule has 0 unspecified atom stereocenters. The number of carbonyl (C=O) groups excluding carboxylic acids is 1. The second-order valence-corrected chi connectivity index (χ2v) is 6.40. The minimum atomic E-state index is -3.67. The van der Waals surface area contributed by atoms with E-state index in [1.165, 1.54) is 27.2 Å². The van der Waals surface area contributed by atoms with Gasteiger partial charge >= 0.3 is 0 Å². The molecular formula is C12H16ClNO5S. The van der Waals surface area contributed by atoms with Gasteiger partial charge < -0.3 is 9.47 Å². The largest absolute Gasteiger partial charge is 0.497 e. The number of sulfonamides is 1. The van der Waals surface area contributed by atoms with Crippen LogP contribution in [0.25, 0.3) is 0 Å². The normalized spacial score (nSPS) is 11.0. The molecule has 0 heterocycles. The van der Waals surface area contributed by atoms with Crippen LogP contribution in [0.4, 0.5) is 5.69 Å². The molecule has 0 aromatic heterocycles. The third-order valence-electron chi connectivity index (χ3n) is 2.62. The Morgan fingerprint density at radius 3 is 2.40 bits per heavy atom. The molecule has 0 aliphatic carbocycles. The number of carbonyl (C=O) groups is 1. The van der Waals surface area contributed by atoms with E-state index < -0.39 is 21.8 Å². The predicted octanol–water partition coefficient (Wildman–Crippen LogP) is 1.63. The molecule has 0 spiro atoms. The Kier molecular flexibility index (Phi) is 5.64. The van der Waals surface area contributed by atoms with E-state index in [1.807, 2.05) is 0 Å². The maximum Gasteiger partial charge on any atom is 0.242 e. The molecule has 0 N–H and O–H groups in total. The van der Waals surface area contributed by atoms with Gasteiger partial charge in [-0.25, -0.2) is 8.42 Å². The van der Waals surface area contributed by atoms with E-state index in [0.29, 0.717) is 11.5 Å². The summed E-state index contributed by atoms with van der Waals surface area (Å²) >= 11 is 5.34. The Balaban J connectivity index is 3.42. The summed E-state index contributed by atoms with van der Waals surface area (Å²) in [6.07, 6.45) is 0. The summed E-state index contributed by atoms with van der Waals surface area (Å²) in [5, 5.41) is -0.785. The van der Waals surface area contributed by atoms with Gasteiger partial charge in [-0.05, 0) is 30.7 Å². The first kappa shape index (κ1) is 16.6. The lowest BCUT2D eigenvalue weighted by Crippen LogP contribution is -2.35. The van der Waals surface area contributed by atoms with Crippen molar-refractivity contribution in [2.24, 2.45) is 0 Å². The average Bonchev–Trinajstić information content (AvgIpc) is 2.43. The van der Waals surface area contributed by atoms with Crippen molar-refractivity contribution in [3.05, 3.63) is 18.2 Å². The molecule has 8 heteroatoms. The molecular weight excluding hydrogens is 306 g/mol. The van der Waals surface area contributed by atoms with Crippen LogP contribution in [0.15, 0.2) is 18.2 Å². The van der Waals surface area contributed by atoms with Crippen molar-refractivity contribution in [3.63, 3.8) is 0 Å². The summed E-state index contributed by atoms with van der Waals surface area (Å²) in [5.74, 6) is 0.581. The third kappa shape index (κ3) is 3.77. The van der Waals surface area contributed by atoms with Gasteiger partial charge in [0, 0.05) is 6.07 Å². The lowest BCUT2D eigenvalue weighted by atomic mass is 10.2. The average molecular weight is 322 g/mol. The molecule has 1 aromatic carbocycles. The first-order valence-corrected chi connectivity index (χ1v) is 7.75. The van der Waals surface area contributed by atoms with Gasteiger partial charge in [-0.3, -0.25) is 9.10 Å². The topological polar surface area (TPSA) is 72.9 Å². The van der Waals surface area contributed by atoms with Gasteiger partial charge in [-0.1, -0.05) is 0 Å². The predicted molar refractivity (Wildman–Crippen MR) is 77.2 cm³/mol. The number of methoxy groups -OCH3 is 2. The SMILES string of the molecule is CCS(=O)(=O)N(CC(=O)Cl)c1cc(OC)ccc1OC. The highest BCUT2D eigenvalue weighted by molar-refractivity contribution is 7.92. The zero-order chi connectivity index (χ0) is 15.3. The van der Waals surface area contributed by atoms with Gasteiger partial charge in [-0.15, -0.1) is 0 Å². The van der Waals surface area contributed by atoms with Gasteiger partial charge in [0.05, 0.1) is 25.7 Å². The second-order valence-electron chi connectivity index (χ2n) is 3.80. The molecule has 0 radical (unpaired) electrons. The van der Waals surface area contributed by atoms with Crippen molar-refractivity contribution >= 4 is 32.6 Å². The number of benzene rings is 1. The van der Waals surface area contributed by atoms with Crippen molar-refractivity contribution in [2.45, 2.75) is 6.92 Å². The van der Waals surface area contributed by atoms with Crippen LogP contribution in [0.3, 0.4) is 0 Å². The highest BCUT2D eigenvalue weighted by Gasteiger charge is 2.26. The quantitative estimate of drug-likeness (QED) is 0.714. The molecule has 20 heavy (non-hydrogen) atoms. The minimum Gasteiger partial charge on any atom is -0.497 e. The fourth-order valence-electron chi connectivity index (χ4n) is 1.59. The summed E-state index contributed by atoms with van der Waals surface area (Å²) in [6.45, 7) is 1.01. The molecule has 1 aromatic rings. The lowest BCUT2D eigenvalue weighted by molar-refractivity contribution is -0.110. The number of ether oxygens (including phenoxy) is 2. The standard InChI is InChI=1S/C12H16ClNO5S/c1-4-20(16,17)14(8-12(13)15)10-7-9(18-2)5-6-11(10)19-3/h5-7H,4,8H2,1-3H3. The Bertz CT molecular complexity index is 588. The van der Waals surface area contributed by atoms with Crippen molar-refractivity contribution in [1.29, 1.82) is 0 Å². The number of rotatable bonds is 7. The Morgan fingerprint density at radius 2 is 1.95 bits per heavy atom. The molecule has 6 nitrogen and oxygen atoms in total. The number of nitrogens with zero attached hydrogens (tertiary/aromatic N) is 1. The first-order valence-electron chi connectivity index (χ1n) is 5.76. The molecule has 1 rings (SSSR count). The van der Waals surface area contributed by atoms with E-state index in [0.717, 1.165) is 4.31 Å². The van der Waals surface area contributed by atoms with Gasteiger partial charge in [0.15, 0.2) is 0 Å². The van der Waals surface area contributed by atoms with Gasteiger partial charge in [0.25, 0.3) is 0 Å². The van der Waals surface area contributed by atoms with E-state index in [2.05, 4.69) is 0 Å². The molecule has 0 saturated carbocycles. The van der Waals surface area contributed by atoms with Gasteiger partial charge in [0.2, 0.25) is 15.3 Å². The molecule has 0 saturated heterocycles. The fourth-order valence-corrected chi connectivity index (χ4v) is 2.85. The van der Waals surface area contributed by atoms with Crippen LogP contribution in [0.2, 0.25) is 0 Å². The molecule has 112 valence electrons. The number of anilines is 1. The van der Waals surface area contributed by atoms with Crippen LogP contribution in [0, 0.1) is 0 Å². The summed E-state index contributed by atoms with van der Waals surface area (Å²) in [6, 6.07) is 4.67. The molecule has 0 aliphatic rings.